The van der Waals surface area contributed by atoms with Crippen LogP contribution in [0.15, 0.2) is 29.7 Å². The molecule has 0 radical (unpaired) electrons. The molecule has 3 rings (SSSR count). The smallest absolute Gasteiger partial charge is 0.297 e. The zero-order chi connectivity index (χ0) is 12.7. The van der Waals surface area contributed by atoms with E-state index in [0.717, 1.165) is 10.6 Å². The summed E-state index contributed by atoms with van der Waals surface area (Å²) in [6, 6.07) is 0. The Morgan fingerprint density at radius 2 is 2.22 bits per heavy atom. The summed E-state index contributed by atoms with van der Waals surface area (Å²) >= 11 is 1.49. The number of thiazole rings is 1. The van der Waals surface area contributed by atoms with Crippen LogP contribution in [0.2, 0.25) is 0 Å². The highest BCUT2D eigenvalue weighted by Crippen LogP contribution is 2.18. The topological polar surface area (TPSA) is 68.5 Å². The molecule has 6 nitrogen and oxygen atoms in total. The van der Waals surface area contributed by atoms with Crippen LogP contribution in [0.5, 0.6) is 0 Å². The highest BCUT2D eigenvalue weighted by atomic mass is 32.1. The molecule has 18 heavy (non-hydrogen) atoms. The van der Waals surface area contributed by atoms with Gasteiger partial charge in [-0.15, -0.1) is 0 Å². The van der Waals surface area contributed by atoms with Gasteiger partial charge in [0.1, 0.15) is 5.69 Å². The van der Waals surface area contributed by atoms with E-state index < -0.39 is 0 Å². The largest absolute Gasteiger partial charge is 0.300 e. The average Bonchev–Trinajstić information content (AvgIpc) is 3.01. The number of aryl methyl sites for hydroxylation is 2. The zero-order valence-corrected chi connectivity index (χ0v) is 10.7. The fourth-order valence-corrected chi connectivity index (χ4v) is 2.52. The van der Waals surface area contributed by atoms with Crippen molar-refractivity contribution in [2.24, 2.45) is 0 Å². The van der Waals surface area contributed by atoms with Crippen molar-refractivity contribution in [2.45, 2.75) is 13.8 Å². The minimum absolute atomic E-state index is 0.137. The minimum Gasteiger partial charge on any atom is -0.300 e. The summed E-state index contributed by atoms with van der Waals surface area (Å²) in [5.41, 5.74) is 1.33. The van der Waals surface area contributed by atoms with Gasteiger partial charge in [0.25, 0.3) is 5.56 Å². The molecule has 1 N–H and O–H groups in total. The van der Waals surface area contributed by atoms with Crippen molar-refractivity contribution in [3.05, 3.63) is 45.8 Å². The quantitative estimate of drug-likeness (QED) is 0.758. The highest BCUT2D eigenvalue weighted by molar-refractivity contribution is 7.14. The normalized spacial score (nSPS) is 11.0. The Kier molecular flexibility index (Phi) is 2.41. The molecule has 0 aliphatic rings. The molecule has 0 atom stereocenters. The Morgan fingerprint density at radius 3 is 2.83 bits per heavy atom. The van der Waals surface area contributed by atoms with E-state index in [2.05, 4.69) is 15.1 Å². The second-order valence-electron chi connectivity index (χ2n) is 3.91. The van der Waals surface area contributed by atoms with Gasteiger partial charge in [0.15, 0.2) is 0 Å². The van der Waals surface area contributed by atoms with E-state index in [1.165, 1.54) is 16.0 Å². The van der Waals surface area contributed by atoms with Crippen molar-refractivity contribution in [1.29, 1.82) is 0 Å². The van der Waals surface area contributed by atoms with Gasteiger partial charge in [0.05, 0.1) is 12.0 Å². The molecule has 92 valence electrons. The summed E-state index contributed by atoms with van der Waals surface area (Å²) in [5, 5.41) is 3.58. The molecule has 7 heteroatoms. The van der Waals surface area contributed by atoms with E-state index in [9.17, 15) is 4.79 Å². The van der Waals surface area contributed by atoms with Crippen molar-refractivity contribution in [1.82, 2.24) is 24.3 Å². The first-order valence-corrected chi connectivity index (χ1v) is 6.21. The maximum absolute atomic E-state index is 12.2. The number of aromatic amines is 1. The van der Waals surface area contributed by atoms with Crippen LogP contribution in [0.1, 0.15) is 10.6 Å². The van der Waals surface area contributed by atoms with Gasteiger partial charge in [-0.25, -0.2) is 9.97 Å². The molecule has 0 aromatic carbocycles. The van der Waals surface area contributed by atoms with Crippen molar-refractivity contribution < 1.29 is 0 Å². The van der Waals surface area contributed by atoms with E-state index in [1.54, 1.807) is 29.5 Å². The zero-order valence-electron chi connectivity index (χ0n) is 9.91. The summed E-state index contributed by atoms with van der Waals surface area (Å²) in [6.45, 7) is 3.92. The van der Waals surface area contributed by atoms with Crippen molar-refractivity contribution in [3.8, 4) is 10.8 Å². The first kappa shape index (κ1) is 11.0. The van der Waals surface area contributed by atoms with Gasteiger partial charge in [-0.3, -0.25) is 14.5 Å². The second kappa shape index (κ2) is 3.95. The standard InChI is InChI=1S/C11H11N5OS/c1-7-8(2)18-11(14-7)16-10(17)9(5-13-16)15-4-3-12-6-15/h3-6,13H,1-2H3. The molecule has 0 saturated carbocycles. The first-order chi connectivity index (χ1) is 8.66. The van der Waals surface area contributed by atoms with Crippen LogP contribution in [0.4, 0.5) is 0 Å². The molecular weight excluding hydrogens is 250 g/mol. The number of imidazole rings is 1. The van der Waals surface area contributed by atoms with Crippen molar-refractivity contribution >= 4 is 11.3 Å². The van der Waals surface area contributed by atoms with Gasteiger partial charge in [0, 0.05) is 23.5 Å². The predicted octanol–water partition coefficient (Wildman–Crippen LogP) is 1.42. The number of nitrogens with zero attached hydrogens (tertiary/aromatic N) is 4. The molecule has 0 amide bonds. The molecule has 0 aliphatic carbocycles. The first-order valence-electron chi connectivity index (χ1n) is 5.40. The van der Waals surface area contributed by atoms with E-state index in [1.807, 2.05) is 13.8 Å². The number of hydrogen-bond acceptors (Lipinski definition) is 4. The molecule has 0 saturated heterocycles. The Balaban J connectivity index is 2.13. The molecule has 0 aliphatic heterocycles. The number of aromatic nitrogens is 5. The van der Waals surface area contributed by atoms with Crippen LogP contribution < -0.4 is 5.56 Å². The van der Waals surface area contributed by atoms with Crippen LogP contribution in [0.3, 0.4) is 0 Å². The third-order valence-electron chi connectivity index (χ3n) is 2.74. The van der Waals surface area contributed by atoms with Crippen LogP contribution in [-0.2, 0) is 0 Å². The number of H-pyrrole nitrogens is 1. The molecule has 3 aromatic rings. The molecule has 0 spiro atoms. The van der Waals surface area contributed by atoms with Gasteiger partial charge in [-0.1, -0.05) is 11.3 Å². The Bertz CT molecular complexity index is 714. The number of rotatable bonds is 2. The lowest BCUT2D eigenvalue weighted by Gasteiger charge is -1.94. The van der Waals surface area contributed by atoms with Crippen molar-refractivity contribution in [2.75, 3.05) is 0 Å². The Labute approximate surface area is 107 Å². The third-order valence-corrected chi connectivity index (χ3v) is 3.80. The SMILES string of the molecule is Cc1nc(-n2[nH]cc(-n3ccnc3)c2=O)sc1C. The Hall–Kier alpha value is -2.15. The minimum atomic E-state index is -0.137. The predicted molar refractivity (Wildman–Crippen MR) is 68.7 cm³/mol. The van der Waals surface area contributed by atoms with Gasteiger partial charge in [-0.2, -0.15) is 4.68 Å². The van der Waals surface area contributed by atoms with E-state index in [0.29, 0.717) is 10.8 Å². The van der Waals surface area contributed by atoms with Gasteiger partial charge in [-0.05, 0) is 13.8 Å². The fourth-order valence-electron chi connectivity index (χ4n) is 1.64. The van der Waals surface area contributed by atoms with Crippen LogP contribution in [0, 0.1) is 13.8 Å². The van der Waals surface area contributed by atoms with E-state index in [4.69, 9.17) is 0 Å². The van der Waals surface area contributed by atoms with E-state index in [-0.39, 0.29) is 5.56 Å². The lowest BCUT2D eigenvalue weighted by atomic mass is 10.4. The van der Waals surface area contributed by atoms with Crippen molar-refractivity contribution in [3.63, 3.8) is 0 Å². The highest BCUT2D eigenvalue weighted by Gasteiger charge is 2.12. The summed E-state index contributed by atoms with van der Waals surface area (Å²) in [7, 11) is 0. The van der Waals surface area contributed by atoms with Crippen LogP contribution in [-0.4, -0.2) is 24.3 Å². The summed E-state index contributed by atoms with van der Waals surface area (Å²) in [5.74, 6) is 0. The Morgan fingerprint density at radius 1 is 1.39 bits per heavy atom. The average molecular weight is 261 g/mol. The van der Waals surface area contributed by atoms with Gasteiger partial charge >= 0.3 is 0 Å². The van der Waals surface area contributed by atoms with Gasteiger partial charge < -0.3 is 0 Å². The molecule has 3 aromatic heterocycles. The van der Waals surface area contributed by atoms with Crippen LogP contribution in [0.25, 0.3) is 10.8 Å². The molecule has 3 heterocycles. The summed E-state index contributed by atoms with van der Waals surface area (Å²) in [6.07, 6.45) is 6.60. The third kappa shape index (κ3) is 1.60. The van der Waals surface area contributed by atoms with Crippen LogP contribution >= 0.6 is 11.3 Å². The van der Waals surface area contributed by atoms with E-state index >= 15 is 0 Å². The molecule has 0 unspecified atom stereocenters. The maximum Gasteiger partial charge on any atom is 0.297 e. The lowest BCUT2D eigenvalue weighted by molar-refractivity contribution is 0.833. The van der Waals surface area contributed by atoms with Gasteiger partial charge in [0.2, 0.25) is 5.13 Å². The maximum atomic E-state index is 12.2. The summed E-state index contributed by atoms with van der Waals surface area (Å²) in [4.78, 5) is 21.6. The number of nitrogens with one attached hydrogen (secondary N) is 1. The fraction of sp³-hybridized carbons (Fsp3) is 0.182. The summed E-state index contributed by atoms with van der Waals surface area (Å²) < 4.78 is 3.11. The molecule has 0 fully saturated rings. The lowest BCUT2D eigenvalue weighted by Crippen LogP contribution is -2.17. The molecule has 0 bridgehead atoms. The monoisotopic (exact) mass is 261 g/mol. The number of hydrogen-bond donors (Lipinski definition) is 1. The second-order valence-corrected chi connectivity index (χ2v) is 5.09. The molecular formula is C11H11N5OS.